The van der Waals surface area contributed by atoms with Crippen LogP contribution in [0.2, 0.25) is 0 Å². The zero-order valence-electron chi connectivity index (χ0n) is 1.26. The maximum absolute atomic E-state index is 0. The van der Waals surface area contributed by atoms with Crippen molar-refractivity contribution in [1.29, 1.82) is 0 Å². The van der Waals surface area contributed by atoms with Gasteiger partial charge in [-0.2, -0.15) is 0 Å². The van der Waals surface area contributed by atoms with Crippen LogP contribution < -0.4 is 0 Å². The first-order chi connectivity index (χ1) is 0. The minimum Gasteiger partial charge on any atom is 0 e. The van der Waals surface area contributed by atoms with Crippen molar-refractivity contribution in [3.63, 3.8) is 0 Å². The first kappa shape index (κ1) is 34.1. The van der Waals surface area contributed by atoms with E-state index < -0.39 is 0 Å². The van der Waals surface area contributed by atoms with Crippen LogP contribution in [-0.2, 0) is 25.8 Å². The summed E-state index contributed by atoms with van der Waals surface area (Å²) in [4.78, 5) is 0. The van der Waals surface area contributed by atoms with Gasteiger partial charge in [0.15, 0.2) is 0 Å². The Balaban J connectivity index is 0. The van der Waals surface area contributed by atoms with Crippen LogP contribution in [0, 0.1) is 36.9 Å². The molecule has 0 rings (SSSR count). The summed E-state index contributed by atoms with van der Waals surface area (Å²) >= 11 is 0. The van der Waals surface area contributed by atoms with Gasteiger partial charge in [0, 0.05) is 62.7 Å². The standard InChI is InChI=1S/HI.Li.Na.Sc.Tm.2H/h1H;;;;;;. The Hall–Kier alpha value is 4.43. The molecule has 0 aromatic rings. The summed E-state index contributed by atoms with van der Waals surface area (Å²) in [7, 11) is 0. The van der Waals surface area contributed by atoms with Gasteiger partial charge in [-0.3, -0.25) is 0 Å². The van der Waals surface area contributed by atoms with Crippen molar-refractivity contribution in [2.24, 2.45) is 0 Å². The normalized spacial score (nSPS) is 0. The van der Waals surface area contributed by atoms with Crippen LogP contribution in [0.1, 0.15) is 0 Å². The van der Waals surface area contributed by atoms with Gasteiger partial charge < -0.3 is 0 Å². The summed E-state index contributed by atoms with van der Waals surface area (Å²) in [5.74, 6) is 0. The molecule has 0 amide bonds. The van der Waals surface area contributed by atoms with Crippen LogP contribution >= 0.6 is 24.0 Å². The van der Waals surface area contributed by atoms with E-state index >= 15 is 0 Å². The molecule has 2 radical (unpaired) electrons. The van der Waals surface area contributed by atoms with E-state index in [4.69, 9.17) is 0 Å². The quantitative estimate of drug-likeness (QED) is 0.390. The molecule has 0 atom stereocenters. The fourth-order valence-electron chi connectivity index (χ4n) is 0. The summed E-state index contributed by atoms with van der Waals surface area (Å²) in [6.07, 6.45) is 0. The minimum absolute atomic E-state index is 0. The molecule has 0 fully saturated rings. The molecule has 0 nitrogen and oxygen atoms in total. The predicted molar refractivity (Wildman–Crippen MR) is 29.7 cm³/mol. The third-order valence-electron chi connectivity index (χ3n) is 0. The van der Waals surface area contributed by atoms with Crippen molar-refractivity contribution in [2.45, 2.75) is 0 Å². The molecular formula is H3ILiNaScTm. The van der Waals surface area contributed by atoms with Crippen LogP contribution in [0.25, 0.3) is 0 Å². The number of rotatable bonds is 0. The SMILES string of the molecule is I.[LiH].[NaH].[Sc].[Tm]. The van der Waals surface area contributed by atoms with Gasteiger partial charge in [-0.25, -0.2) is 0 Å². The Bertz CT molecular complexity index is 11.6. The maximum atomic E-state index is 0. The molecule has 0 aliphatic rings. The number of hydrogen-bond donors (Lipinski definition) is 0. The summed E-state index contributed by atoms with van der Waals surface area (Å²) in [6, 6.07) is 0. The average Bonchev–Trinajstić information content (AvgIpc) is 0. The van der Waals surface area contributed by atoms with E-state index in [1.807, 2.05) is 0 Å². The minimum atomic E-state index is 0. The van der Waals surface area contributed by atoms with E-state index in [0.29, 0.717) is 0 Å². The van der Waals surface area contributed by atoms with E-state index in [-0.39, 0.29) is 135 Å². The summed E-state index contributed by atoms with van der Waals surface area (Å²) in [5, 5.41) is 0. The van der Waals surface area contributed by atoms with Crippen molar-refractivity contribution >= 4 is 72.4 Å². The molecule has 28 valence electrons. The smallest absolute Gasteiger partial charge is 0 e. The van der Waals surface area contributed by atoms with E-state index in [0.717, 1.165) is 0 Å². The second-order valence-electron chi connectivity index (χ2n) is 0. The molecule has 0 aromatic heterocycles. The second kappa shape index (κ2) is 23.7. The Morgan fingerprint density at radius 1 is 1.00 bits per heavy atom. The molecule has 0 heterocycles. The van der Waals surface area contributed by atoms with Gasteiger partial charge in [0.1, 0.15) is 0 Å². The monoisotopic (exact) mass is 374 g/mol. The van der Waals surface area contributed by atoms with E-state index in [1.54, 1.807) is 0 Å². The molecule has 0 aliphatic heterocycles. The zero-order valence-corrected chi connectivity index (χ0v) is 7.18. The molecule has 0 saturated carbocycles. The molecule has 0 unspecified atom stereocenters. The van der Waals surface area contributed by atoms with Crippen LogP contribution in [0.3, 0.4) is 0 Å². The Labute approximate surface area is 131 Å². The van der Waals surface area contributed by atoms with Crippen LogP contribution in [0.15, 0.2) is 0 Å². The van der Waals surface area contributed by atoms with Gasteiger partial charge in [-0.1, -0.05) is 0 Å². The fraction of sp³-hybridized carbons (Fsp3) is 0. The van der Waals surface area contributed by atoms with Crippen molar-refractivity contribution in [1.82, 2.24) is 0 Å². The molecule has 0 N–H and O–H groups in total. The molecule has 5 heavy (non-hydrogen) atoms. The largest absolute Gasteiger partial charge is 0 e. The average molecular weight is 374 g/mol. The maximum Gasteiger partial charge on any atom is 0 e. The van der Waals surface area contributed by atoms with E-state index in [9.17, 15) is 0 Å². The van der Waals surface area contributed by atoms with Gasteiger partial charge in [0.05, 0.1) is 0 Å². The van der Waals surface area contributed by atoms with Crippen molar-refractivity contribution in [2.75, 3.05) is 0 Å². The van der Waals surface area contributed by atoms with Gasteiger partial charge in [0.25, 0.3) is 0 Å². The van der Waals surface area contributed by atoms with Gasteiger partial charge in [0.2, 0.25) is 0 Å². The zero-order chi connectivity index (χ0) is 0. The molecule has 0 aliphatic carbocycles. The molecule has 0 aromatic carbocycles. The summed E-state index contributed by atoms with van der Waals surface area (Å²) < 4.78 is 0. The number of hydrogen-bond acceptors (Lipinski definition) is 0. The Morgan fingerprint density at radius 3 is 1.00 bits per heavy atom. The van der Waals surface area contributed by atoms with Crippen molar-refractivity contribution in [3.8, 4) is 0 Å². The Kier molecular flexibility index (Phi) is 162. The first-order valence-electron chi connectivity index (χ1n) is 0. The van der Waals surface area contributed by atoms with E-state index in [2.05, 4.69) is 0 Å². The predicted octanol–water partition coefficient (Wildman–Crippen LogP) is -0.681. The van der Waals surface area contributed by atoms with Crippen LogP contribution in [0.5, 0.6) is 0 Å². The third kappa shape index (κ3) is 17.8. The van der Waals surface area contributed by atoms with Crippen LogP contribution in [0.4, 0.5) is 0 Å². The molecule has 0 saturated heterocycles. The number of halogens is 1. The topological polar surface area (TPSA) is 0 Å². The summed E-state index contributed by atoms with van der Waals surface area (Å²) in [6.45, 7) is 0. The Morgan fingerprint density at radius 2 is 1.00 bits per heavy atom. The van der Waals surface area contributed by atoms with Gasteiger partial charge in [-0.05, 0) is 0 Å². The third-order valence-corrected chi connectivity index (χ3v) is 0. The molecule has 5 heteroatoms. The molecular weight excluding hydrogens is 371 g/mol. The van der Waals surface area contributed by atoms with Gasteiger partial charge >= 0.3 is 48.4 Å². The van der Waals surface area contributed by atoms with Crippen LogP contribution in [-0.4, -0.2) is 48.4 Å². The molecule has 0 spiro atoms. The van der Waals surface area contributed by atoms with E-state index in [1.165, 1.54) is 0 Å². The second-order valence-corrected chi connectivity index (χ2v) is 0. The van der Waals surface area contributed by atoms with Crippen molar-refractivity contribution < 1.29 is 62.7 Å². The van der Waals surface area contributed by atoms with Gasteiger partial charge in [-0.15, -0.1) is 24.0 Å². The first-order valence-corrected chi connectivity index (χ1v) is 0. The fourth-order valence-corrected chi connectivity index (χ4v) is 0. The molecule has 0 bridgehead atoms. The van der Waals surface area contributed by atoms with Crippen molar-refractivity contribution in [3.05, 3.63) is 0 Å². The summed E-state index contributed by atoms with van der Waals surface area (Å²) in [5.41, 5.74) is 0.